The van der Waals surface area contributed by atoms with Gasteiger partial charge in [-0.25, -0.2) is 4.98 Å². The summed E-state index contributed by atoms with van der Waals surface area (Å²) in [5.74, 6) is 0.725. The first-order valence-corrected chi connectivity index (χ1v) is 7.36. The highest BCUT2D eigenvalue weighted by Gasteiger charge is 2.40. The first-order chi connectivity index (χ1) is 7.78. The van der Waals surface area contributed by atoms with Crippen LogP contribution in [-0.2, 0) is 6.42 Å². The molecule has 1 aromatic heterocycles. The Labute approximate surface area is 109 Å². The van der Waals surface area contributed by atoms with Gasteiger partial charge >= 0.3 is 0 Å². The van der Waals surface area contributed by atoms with Gasteiger partial charge in [0, 0.05) is 17.3 Å². The Morgan fingerprint density at radius 2 is 2.18 bits per heavy atom. The van der Waals surface area contributed by atoms with Gasteiger partial charge in [-0.05, 0) is 37.5 Å². The van der Waals surface area contributed by atoms with Crippen molar-refractivity contribution in [2.24, 2.45) is 17.1 Å². The lowest BCUT2D eigenvalue weighted by Gasteiger charge is -2.45. The number of nitrogens with zero attached hydrogens (tertiary/aromatic N) is 1. The first-order valence-electron chi connectivity index (χ1n) is 6.48. The molecular formula is C14H24N2S. The summed E-state index contributed by atoms with van der Waals surface area (Å²) in [6, 6.07) is 0. The van der Waals surface area contributed by atoms with Gasteiger partial charge in [-0.2, -0.15) is 0 Å². The predicted octanol–water partition coefficient (Wildman–Crippen LogP) is 3.54. The second kappa shape index (κ2) is 4.36. The van der Waals surface area contributed by atoms with Gasteiger partial charge in [0.2, 0.25) is 0 Å². The fourth-order valence-electron chi connectivity index (χ4n) is 3.79. The van der Waals surface area contributed by atoms with Gasteiger partial charge < -0.3 is 5.73 Å². The molecule has 0 aromatic carbocycles. The normalized spacial score (nSPS) is 32.6. The minimum absolute atomic E-state index is 0.0539. The molecule has 17 heavy (non-hydrogen) atoms. The molecule has 1 aromatic rings. The standard InChI is InChI=1S/C14H24N2S/c1-10-5-13(3,4)9-14(15,6-10)7-12-8-17-11(2)16-12/h8,10H,5-7,9,15H2,1-4H3. The molecule has 2 unspecified atom stereocenters. The summed E-state index contributed by atoms with van der Waals surface area (Å²) in [6.07, 6.45) is 4.47. The molecule has 2 nitrogen and oxygen atoms in total. The molecule has 0 amide bonds. The van der Waals surface area contributed by atoms with E-state index in [2.05, 4.69) is 38.1 Å². The van der Waals surface area contributed by atoms with Crippen molar-refractivity contribution in [1.82, 2.24) is 4.98 Å². The van der Waals surface area contributed by atoms with E-state index in [9.17, 15) is 0 Å². The third kappa shape index (κ3) is 3.29. The fourth-order valence-corrected chi connectivity index (χ4v) is 4.40. The van der Waals surface area contributed by atoms with Crippen molar-refractivity contribution in [3.63, 3.8) is 0 Å². The van der Waals surface area contributed by atoms with E-state index in [-0.39, 0.29) is 5.54 Å². The van der Waals surface area contributed by atoms with Crippen LogP contribution < -0.4 is 5.73 Å². The average Bonchev–Trinajstić information content (AvgIpc) is 2.44. The van der Waals surface area contributed by atoms with E-state index in [4.69, 9.17) is 5.73 Å². The second-order valence-corrected chi connectivity index (χ2v) is 7.81. The monoisotopic (exact) mass is 252 g/mol. The average molecular weight is 252 g/mol. The van der Waals surface area contributed by atoms with Crippen molar-refractivity contribution in [2.45, 2.75) is 58.9 Å². The molecule has 1 heterocycles. The zero-order chi connectivity index (χ0) is 12.7. The minimum atomic E-state index is -0.0539. The number of rotatable bonds is 2. The van der Waals surface area contributed by atoms with Crippen LogP contribution in [0.3, 0.4) is 0 Å². The molecule has 2 atom stereocenters. The zero-order valence-electron chi connectivity index (χ0n) is 11.4. The van der Waals surface area contributed by atoms with Gasteiger partial charge in [0.25, 0.3) is 0 Å². The van der Waals surface area contributed by atoms with Gasteiger partial charge in [0.05, 0.1) is 10.7 Å². The van der Waals surface area contributed by atoms with Gasteiger partial charge in [-0.1, -0.05) is 20.8 Å². The third-order valence-corrected chi connectivity index (χ3v) is 4.51. The van der Waals surface area contributed by atoms with Crippen LogP contribution in [0, 0.1) is 18.3 Å². The molecule has 0 spiro atoms. The molecular weight excluding hydrogens is 228 g/mol. The molecule has 0 aliphatic heterocycles. The van der Waals surface area contributed by atoms with Crippen molar-refractivity contribution in [2.75, 3.05) is 0 Å². The third-order valence-electron chi connectivity index (χ3n) is 3.69. The summed E-state index contributed by atoms with van der Waals surface area (Å²) in [4.78, 5) is 4.56. The first kappa shape index (κ1) is 13.0. The van der Waals surface area contributed by atoms with E-state index in [1.54, 1.807) is 11.3 Å². The van der Waals surface area contributed by atoms with Crippen molar-refractivity contribution < 1.29 is 0 Å². The summed E-state index contributed by atoms with van der Waals surface area (Å²) in [5, 5.41) is 3.31. The Kier molecular flexibility index (Phi) is 3.34. The Morgan fingerprint density at radius 3 is 2.71 bits per heavy atom. The Morgan fingerprint density at radius 1 is 1.47 bits per heavy atom. The SMILES string of the molecule is Cc1nc(CC2(N)CC(C)CC(C)(C)C2)cs1. The maximum Gasteiger partial charge on any atom is 0.0897 e. The summed E-state index contributed by atoms with van der Waals surface area (Å²) < 4.78 is 0. The van der Waals surface area contributed by atoms with Crippen molar-refractivity contribution in [3.05, 3.63) is 16.1 Å². The highest BCUT2D eigenvalue weighted by molar-refractivity contribution is 7.09. The molecule has 3 heteroatoms. The number of aryl methyl sites for hydroxylation is 1. The van der Waals surface area contributed by atoms with Crippen LogP contribution in [0.1, 0.15) is 50.7 Å². The quantitative estimate of drug-likeness (QED) is 0.874. The van der Waals surface area contributed by atoms with E-state index in [0.29, 0.717) is 5.41 Å². The summed E-state index contributed by atoms with van der Waals surface area (Å²) in [7, 11) is 0. The molecule has 0 saturated heterocycles. The number of nitrogens with two attached hydrogens (primary N) is 1. The zero-order valence-corrected chi connectivity index (χ0v) is 12.2. The van der Waals surface area contributed by atoms with E-state index in [0.717, 1.165) is 30.2 Å². The van der Waals surface area contributed by atoms with Gasteiger partial charge in [0.15, 0.2) is 0 Å². The maximum atomic E-state index is 6.63. The summed E-state index contributed by atoms with van der Waals surface area (Å²) in [6.45, 7) is 9.08. The Balaban J connectivity index is 2.12. The van der Waals surface area contributed by atoms with Gasteiger partial charge in [0.1, 0.15) is 0 Å². The van der Waals surface area contributed by atoms with Gasteiger partial charge in [-0.15, -0.1) is 11.3 Å². The molecule has 96 valence electrons. The summed E-state index contributed by atoms with van der Waals surface area (Å²) in [5.41, 5.74) is 8.13. The number of hydrogen-bond donors (Lipinski definition) is 1. The number of thiazole rings is 1. The Hall–Kier alpha value is -0.410. The van der Waals surface area contributed by atoms with E-state index in [1.165, 1.54) is 12.1 Å². The van der Waals surface area contributed by atoms with Crippen LogP contribution >= 0.6 is 11.3 Å². The lowest BCUT2D eigenvalue weighted by atomic mass is 9.63. The smallest absolute Gasteiger partial charge is 0.0897 e. The number of hydrogen-bond acceptors (Lipinski definition) is 3. The van der Waals surface area contributed by atoms with Crippen molar-refractivity contribution >= 4 is 11.3 Å². The van der Waals surface area contributed by atoms with Crippen LogP contribution in [0.2, 0.25) is 0 Å². The van der Waals surface area contributed by atoms with Crippen molar-refractivity contribution in [1.29, 1.82) is 0 Å². The molecule has 0 bridgehead atoms. The molecule has 1 saturated carbocycles. The highest BCUT2D eigenvalue weighted by Crippen LogP contribution is 2.43. The molecule has 2 N–H and O–H groups in total. The van der Waals surface area contributed by atoms with Crippen molar-refractivity contribution in [3.8, 4) is 0 Å². The topological polar surface area (TPSA) is 38.9 Å². The predicted molar refractivity (Wildman–Crippen MR) is 74.3 cm³/mol. The largest absolute Gasteiger partial charge is 0.325 e. The summed E-state index contributed by atoms with van der Waals surface area (Å²) >= 11 is 1.73. The van der Waals surface area contributed by atoms with Crippen LogP contribution in [0.25, 0.3) is 0 Å². The lowest BCUT2D eigenvalue weighted by molar-refractivity contribution is 0.107. The van der Waals surface area contributed by atoms with Crippen LogP contribution in [0.4, 0.5) is 0 Å². The molecule has 1 aliphatic carbocycles. The van der Waals surface area contributed by atoms with E-state index >= 15 is 0 Å². The van der Waals surface area contributed by atoms with Gasteiger partial charge in [-0.3, -0.25) is 0 Å². The van der Waals surface area contributed by atoms with Crippen LogP contribution in [0.5, 0.6) is 0 Å². The lowest BCUT2D eigenvalue weighted by Crippen LogP contribution is -2.50. The molecule has 1 aliphatic rings. The highest BCUT2D eigenvalue weighted by atomic mass is 32.1. The Bertz CT molecular complexity index is 397. The van der Waals surface area contributed by atoms with E-state index in [1.807, 2.05) is 0 Å². The maximum absolute atomic E-state index is 6.63. The number of aromatic nitrogens is 1. The van der Waals surface area contributed by atoms with Crippen LogP contribution in [-0.4, -0.2) is 10.5 Å². The molecule has 2 rings (SSSR count). The van der Waals surface area contributed by atoms with E-state index < -0.39 is 0 Å². The minimum Gasteiger partial charge on any atom is -0.325 e. The van der Waals surface area contributed by atoms with Crippen LogP contribution in [0.15, 0.2) is 5.38 Å². The molecule has 1 fully saturated rings. The fraction of sp³-hybridized carbons (Fsp3) is 0.786. The molecule has 0 radical (unpaired) electrons. The second-order valence-electron chi connectivity index (χ2n) is 6.75.